The van der Waals surface area contributed by atoms with E-state index in [0.29, 0.717) is 0 Å². The predicted molar refractivity (Wildman–Crippen MR) is 65.1 cm³/mol. The van der Waals surface area contributed by atoms with E-state index < -0.39 is 0 Å². The molecule has 0 aromatic heterocycles. The van der Waals surface area contributed by atoms with E-state index in [2.05, 4.69) is 35.5 Å². The van der Waals surface area contributed by atoms with E-state index in [-0.39, 0.29) is 12.1 Å². The Morgan fingerprint density at radius 3 is 3.19 bits per heavy atom. The summed E-state index contributed by atoms with van der Waals surface area (Å²) in [7, 11) is 0. The molecule has 0 bridgehead atoms. The van der Waals surface area contributed by atoms with Gasteiger partial charge >= 0.3 is 0 Å². The second kappa shape index (κ2) is 5.16. The average Bonchev–Trinajstić information content (AvgIpc) is 2.35. The summed E-state index contributed by atoms with van der Waals surface area (Å²) in [6.45, 7) is 3.56. The zero-order chi connectivity index (χ0) is 11.4. The summed E-state index contributed by atoms with van der Waals surface area (Å²) in [4.78, 5) is 0. The zero-order valence-corrected chi connectivity index (χ0v) is 9.57. The van der Waals surface area contributed by atoms with Crippen molar-refractivity contribution in [3.63, 3.8) is 0 Å². The molecule has 0 radical (unpaired) electrons. The van der Waals surface area contributed by atoms with Gasteiger partial charge in [-0.05, 0) is 24.5 Å². The zero-order valence-electron chi connectivity index (χ0n) is 9.57. The van der Waals surface area contributed by atoms with E-state index in [1.807, 2.05) is 6.92 Å². The Bertz CT molecular complexity index is 394. The standard InChI is InChI=1S/C14H17NO/c1-3-11(2)15-10-14-13-7-5-4-6-12(13)8-9-16-14/h1,4-7,11,14-15H,8-10H2,2H3. The van der Waals surface area contributed by atoms with Crippen molar-refractivity contribution in [3.05, 3.63) is 35.4 Å². The van der Waals surface area contributed by atoms with Crippen molar-refractivity contribution in [1.82, 2.24) is 5.32 Å². The van der Waals surface area contributed by atoms with Gasteiger partial charge in [-0.1, -0.05) is 30.2 Å². The third-order valence-corrected chi connectivity index (χ3v) is 2.95. The Kier molecular flexibility index (Phi) is 3.61. The molecule has 1 aromatic carbocycles. The van der Waals surface area contributed by atoms with Crippen LogP contribution in [0.15, 0.2) is 24.3 Å². The first-order chi connectivity index (χ1) is 7.81. The maximum absolute atomic E-state index is 5.77. The third-order valence-electron chi connectivity index (χ3n) is 2.95. The monoisotopic (exact) mass is 215 g/mol. The minimum atomic E-state index is 0.0951. The molecule has 1 heterocycles. The molecule has 84 valence electrons. The summed E-state index contributed by atoms with van der Waals surface area (Å²) in [6.07, 6.45) is 6.48. The van der Waals surface area contributed by atoms with Gasteiger partial charge in [0.25, 0.3) is 0 Å². The molecular weight excluding hydrogens is 198 g/mol. The predicted octanol–water partition coefficient (Wildman–Crippen LogP) is 1.91. The quantitative estimate of drug-likeness (QED) is 0.778. The second-order valence-corrected chi connectivity index (χ2v) is 4.10. The molecule has 1 N–H and O–H groups in total. The highest BCUT2D eigenvalue weighted by Gasteiger charge is 2.20. The molecule has 0 saturated carbocycles. The van der Waals surface area contributed by atoms with Crippen LogP contribution in [0.3, 0.4) is 0 Å². The van der Waals surface area contributed by atoms with Crippen LogP contribution >= 0.6 is 0 Å². The van der Waals surface area contributed by atoms with Crippen LogP contribution in [0.1, 0.15) is 24.2 Å². The highest BCUT2D eigenvalue weighted by molar-refractivity contribution is 5.31. The largest absolute Gasteiger partial charge is 0.372 e. The molecule has 2 atom stereocenters. The van der Waals surface area contributed by atoms with Crippen LogP contribution in [0.4, 0.5) is 0 Å². The number of terminal acetylenes is 1. The van der Waals surface area contributed by atoms with Crippen LogP contribution in [0.5, 0.6) is 0 Å². The SMILES string of the molecule is C#CC(C)NCC1OCCc2ccccc21. The lowest BCUT2D eigenvalue weighted by molar-refractivity contribution is 0.0419. The van der Waals surface area contributed by atoms with E-state index in [1.54, 1.807) is 0 Å². The molecule has 2 unspecified atom stereocenters. The fraction of sp³-hybridized carbons (Fsp3) is 0.429. The smallest absolute Gasteiger partial charge is 0.0952 e. The maximum Gasteiger partial charge on any atom is 0.0952 e. The molecule has 2 rings (SSSR count). The van der Waals surface area contributed by atoms with Crippen LogP contribution in [0, 0.1) is 12.3 Å². The summed E-state index contributed by atoms with van der Waals surface area (Å²) < 4.78 is 5.77. The van der Waals surface area contributed by atoms with Crippen molar-refractivity contribution in [1.29, 1.82) is 0 Å². The molecule has 0 spiro atoms. The molecule has 0 saturated heterocycles. The molecule has 1 aromatic rings. The Balaban J connectivity index is 2.05. The fourth-order valence-corrected chi connectivity index (χ4v) is 1.99. The lowest BCUT2D eigenvalue weighted by Gasteiger charge is -2.26. The number of nitrogens with one attached hydrogen (secondary N) is 1. The molecule has 1 aliphatic rings. The summed E-state index contributed by atoms with van der Waals surface area (Å²) in [5.41, 5.74) is 2.69. The normalized spacial score (nSPS) is 20.9. The molecule has 0 fully saturated rings. The van der Waals surface area contributed by atoms with Crippen molar-refractivity contribution < 1.29 is 4.74 Å². The van der Waals surface area contributed by atoms with Gasteiger partial charge < -0.3 is 10.1 Å². The molecule has 2 nitrogen and oxygen atoms in total. The van der Waals surface area contributed by atoms with Gasteiger partial charge in [0.15, 0.2) is 0 Å². The van der Waals surface area contributed by atoms with Crippen LogP contribution in [0.2, 0.25) is 0 Å². The van der Waals surface area contributed by atoms with Crippen LogP contribution in [-0.4, -0.2) is 19.2 Å². The van der Waals surface area contributed by atoms with Crippen molar-refractivity contribution in [2.45, 2.75) is 25.5 Å². The topological polar surface area (TPSA) is 21.3 Å². The fourth-order valence-electron chi connectivity index (χ4n) is 1.99. The number of ether oxygens (including phenoxy) is 1. The van der Waals surface area contributed by atoms with E-state index in [0.717, 1.165) is 19.6 Å². The first kappa shape index (κ1) is 11.2. The van der Waals surface area contributed by atoms with Crippen LogP contribution < -0.4 is 5.32 Å². The van der Waals surface area contributed by atoms with Crippen molar-refractivity contribution in [2.75, 3.05) is 13.2 Å². The maximum atomic E-state index is 5.77. The van der Waals surface area contributed by atoms with Gasteiger partial charge in [0.05, 0.1) is 18.8 Å². The lowest BCUT2D eigenvalue weighted by Crippen LogP contribution is -2.32. The summed E-state index contributed by atoms with van der Waals surface area (Å²) in [6, 6.07) is 8.55. The Labute approximate surface area is 97.0 Å². The first-order valence-electron chi connectivity index (χ1n) is 5.70. The Morgan fingerprint density at radius 2 is 2.38 bits per heavy atom. The van der Waals surface area contributed by atoms with E-state index in [4.69, 9.17) is 11.2 Å². The van der Waals surface area contributed by atoms with Crippen molar-refractivity contribution >= 4 is 0 Å². The Morgan fingerprint density at radius 1 is 1.56 bits per heavy atom. The number of fused-ring (bicyclic) bond motifs is 1. The van der Waals surface area contributed by atoms with Gasteiger partial charge in [-0.2, -0.15) is 0 Å². The summed E-state index contributed by atoms with van der Waals surface area (Å²) in [5, 5.41) is 3.28. The number of benzene rings is 1. The Hall–Kier alpha value is -1.30. The third kappa shape index (κ3) is 2.44. The highest BCUT2D eigenvalue weighted by Crippen LogP contribution is 2.26. The summed E-state index contributed by atoms with van der Waals surface area (Å²) >= 11 is 0. The van der Waals surface area contributed by atoms with Crippen LogP contribution in [-0.2, 0) is 11.2 Å². The molecule has 2 heteroatoms. The highest BCUT2D eigenvalue weighted by atomic mass is 16.5. The van der Waals surface area contributed by atoms with Crippen molar-refractivity contribution in [2.24, 2.45) is 0 Å². The van der Waals surface area contributed by atoms with Gasteiger partial charge in [-0.3, -0.25) is 0 Å². The molecular formula is C14H17NO. The van der Waals surface area contributed by atoms with Gasteiger partial charge in [0, 0.05) is 6.54 Å². The minimum absolute atomic E-state index is 0.0951. The van der Waals surface area contributed by atoms with Gasteiger partial charge in [-0.25, -0.2) is 0 Å². The number of rotatable bonds is 3. The number of hydrogen-bond acceptors (Lipinski definition) is 2. The van der Waals surface area contributed by atoms with E-state index in [9.17, 15) is 0 Å². The first-order valence-corrected chi connectivity index (χ1v) is 5.70. The van der Waals surface area contributed by atoms with Crippen LogP contribution in [0.25, 0.3) is 0 Å². The van der Waals surface area contributed by atoms with E-state index >= 15 is 0 Å². The van der Waals surface area contributed by atoms with E-state index in [1.165, 1.54) is 11.1 Å². The lowest BCUT2D eigenvalue weighted by atomic mass is 9.97. The average molecular weight is 215 g/mol. The van der Waals surface area contributed by atoms with Gasteiger partial charge in [0.1, 0.15) is 0 Å². The van der Waals surface area contributed by atoms with Gasteiger partial charge in [-0.15, -0.1) is 6.42 Å². The molecule has 16 heavy (non-hydrogen) atoms. The summed E-state index contributed by atoms with van der Waals surface area (Å²) in [5.74, 6) is 2.66. The molecule has 0 amide bonds. The van der Waals surface area contributed by atoms with Crippen molar-refractivity contribution in [3.8, 4) is 12.3 Å². The number of hydrogen-bond donors (Lipinski definition) is 1. The minimum Gasteiger partial charge on any atom is -0.372 e. The molecule has 1 aliphatic heterocycles. The second-order valence-electron chi connectivity index (χ2n) is 4.10. The molecule has 0 aliphatic carbocycles. The van der Waals surface area contributed by atoms with Gasteiger partial charge in [0.2, 0.25) is 0 Å².